The maximum absolute atomic E-state index is 12.3. The van der Waals surface area contributed by atoms with Crippen LogP contribution in [0.5, 0.6) is 0 Å². The summed E-state index contributed by atoms with van der Waals surface area (Å²) in [6.07, 6.45) is -0.0210. The molecule has 2 amide bonds. The van der Waals surface area contributed by atoms with Gasteiger partial charge in [0.2, 0.25) is 15.9 Å². The fourth-order valence-corrected chi connectivity index (χ4v) is 4.33. The molecule has 0 radical (unpaired) electrons. The summed E-state index contributed by atoms with van der Waals surface area (Å²) in [7, 11) is -3.60. The zero-order valence-electron chi connectivity index (χ0n) is 13.3. The molecule has 0 spiro atoms. The summed E-state index contributed by atoms with van der Waals surface area (Å²) in [5.41, 5.74) is 2.31. The van der Waals surface area contributed by atoms with Gasteiger partial charge >= 0.3 is 0 Å². The smallest absolute Gasteiger partial charge is 0.255 e. The lowest BCUT2D eigenvalue weighted by atomic mass is 10.1. The molecule has 0 unspecified atom stereocenters. The van der Waals surface area contributed by atoms with Gasteiger partial charge < -0.3 is 5.32 Å². The fourth-order valence-electron chi connectivity index (χ4n) is 2.49. The summed E-state index contributed by atoms with van der Waals surface area (Å²) in [5, 5.41) is 2.77. The first-order valence-corrected chi connectivity index (χ1v) is 9.91. The van der Waals surface area contributed by atoms with E-state index in [2.05, 4.69) is 21.2 Å². The predicted molar refractivity (Wildman–Crippen MR) is 99.2 cm³/mol. The minimum absolute atomic E-state index is 0.0210. The Morgan fingerprint density at radius 3 is 2.40 bits per heavy atom. The first kappa shape index (κ1) is 17.6. The van der Waals surface area contributed by atoms with Crippen molar-refractivity contribution < 1.29 is 18.0 Å². The van der Waals surface area contributed by atoms with E-state index in [4.69, 9.17) is 0 Å². The molecule has 3 rings (SSSR count). The number of benzene rings is 2. The second kappa shape index (κ2) is 6.61. The number of sulfonamides is 1. The summed E-state index contributed by atoms with van der Waals surface area (Å²) in [4.78, 5) is 24.1. The van der Waals surface area contributed by atoms with Gasteiger partial charge in [-0.2, -0.15) is 0 Å². The van der Waals surface area contributed by atoms with Crippen molar-refractivity contribution in [2.24, 2.45) is 0 Å². The van der Waals surface area contributed by atoms with Crippen molar-refractivity contribution in [3.63, 3.8) is 0 Å². The quantitative estimate of drug-likeness (QED) is 0.823. The first-order valence-electron chi connectivity index (χ1n) is 7.51. The molecule has 1 N–H and O–H groups in total. The molecule has 1 fully saturated rings. The van der Waals surface area contributed by atoms with Crippen molar-refractivity contribution in [2.75, 3.05) is 15.4 Å². The number of amides is 2. The summed E-state index contributed by atoms with van der Waals surface area (Å²) in [6.45, 7) is 1.95. The van der Waals surface area contributed by atoms with Gasteiger partial charge in [0.25, 0.3) is 5.91 Å². The van der Waals surface area contributed by atoms with Crippen LogP contribution in [-0.4, -0.2) is 26.0 Å². The van der Waals surface area contributed by atoms with E-state index in [-0.39, 0.29) is 23.8 Å². The van der Waals surface area contributed by atoms with E-state index in [1.807, 2.05) is 13.0 Å². The molecule has 1 aliphatic heterocycles. The van der Waals surface area contributed by atoms with E-state index in [1.165, 1.54) is 24.3 Å². The molecule has 2 aromatic rings. The molecule has 1 heterocycles. The van der Waals surface area contributed by atoms with Crippen LogP contribution in [-0.2, 0) is 14.8 Å². The third kappa shape index (κ3) is 3.59. The van der Waals surface area contributed by atoms with E-state index < -0.39 is 15.9 Å². The first-order chi connectivity index (χ1) is 11.8. The highest BCUT2D eigenvalue weighted by molar-refractivity contribution is 9.10. The molecule has 8 heteroatoms. The van der Waals surface area contributed by atoms with Crippen LogP contribution in [0, 0.1) is 6.92 Å². The lowest BCUT2D eigenvalue weighted by Gasteiger charge is -2.15. The molecule has 0 saturated carbocycles. The van der Waals surface area contributed by atoms with E-state index in [1.54, 1.807) is 12.1 Å². The summed E-state index contributed by atoms with van der Waals surface area (Å²) >= 11 is 3.41. The number of anilines is 2. The summed E-state index contributed by atoms with van der Waals surface area (Å²) in [5.74, 6) is -0.962. The van der Waals surface area contributed by atoms with Crippen molar-refractivity contribution in [1.82, 2.24) is 0 Å². The Hall–Kier alpha value is -2.19. The van der Waals surface area contributed by atoms with Crippen molar-refractivity contribution in [1.29, 1.82) is 0 Å². The zero-order valence-corrected chi connectivity index (χ0v) is 15.7. The summed E-state index contributed by atoms with van der Waals surface area (Å²) in [6, 6.07) is 11.4. The third-order valence-corrected chi connectivity index (χ3v) is 6.42. The zero-order chi connectivity index (χ0) is 18.2. The molecular weight excluding hydrogens is 408 g/mol. The van der Waals surface area contributed by atoms with Crippen molar-refractivity contribution in [2.45, 2.75) is 13.3 Å². The van der Waals surface area contributed by atoms with Crippen LogP contribution < -0.4 is 9.62 Å². The molecule has 130 valence electrons. The van der Waals surface area contributed by atoms with E-state index >= 15 is 0 Å². The third-order valence-electron chi connectivity index (χ3n) is 3.87. The van der Waals surface area contributed by atoms with Gasteiger partial charge in [-0.05, 0) is 48.9 Å². The average Bonchev–Trinajstić information content (AvgIpc) is 2.84. The van der Waals surface area contributed by atoms with E-state index in [0.29, 0.717) is 11.3 Å². The maximum atomic E-state index is 12.3. The van der Waals surface area contributed by atoms with Crippen LogP contribution in [0.3, 0.4) is 0 Å². The van der Waals surface area contributed by atoms with Crippen LogP contribution in [0.1, 0.15) is 22.3 Å². The molecule has 2 aromatic carbocycles. The van der Waals surface area contributed by atoms with E-state index in [0.717, 1.165) is 14.3 Å². The van der Waals surface area contributed by atoms with Gasteiger partial charge in [-0.15, -0.1) is 0 Å². The molecule has 1 aliphatic rings. The number of carbonyl (C=O) groups excluding carboxylic acids is 2. The molecule has 1 saturated heterocycles. The molecule has 0 aliphatic carbocycles. The number of hydrogen-bond donors (Lipinski definition) is 1. The van der Waals surface area contributed by atoms with Gasteiger partial charge in [-0.25, -0.2) is 12.7 Å². The van der Waals surface area contributed by atoms with Gasteiger partial charge in [0.1, 0.15) is 0 Å². The molecule has 25 heavy (non-hydrogen) atoms. The van der Waals surface area contributed by atoms with Crippen LogP contribution in [0.4, 0.5) is 11.4 Å². The number of aryl methyl sites for hydroxylation is 1. The molecule has 6 nitrogen and oxygen atoms in total. The number of halogens is 1. The Kier molecular flexibility index (Phi) is 4.66. The normalized spacial score (nSPS) is 16.1. The Balaban J connectivity index is 1.79. The van der Waals surface area contributed by atoms with Crippen LogP contribution in [0.2, 0.25) is 0 Å². The average molecular weight is 423 g/mol. The largest absolute Gasteiger partial charge is 0.322 e. The molecule has 0 bridgehead atoms. The van der Waals surface area contributed by atoms with Crippen molar-refractivity contribution >= 4 is 49.1 Å². The highest BCUT2D eigenvalue weighted by Gasteiger charge is 2.36. The number of rotatable bonds is 3. The van der Waals surface area contributed by atoms with Gasteiger partial charge in [0, 0.05) is 22.1 Å². The standard InChI is InChI=1S/C17H15BrN2O4S/c1-11-2-5-13(10-15(11)18)19-17(22)12-3-6-14(7-4-12)20-16(21)8-9-25(20,23)24/h2-7,10H,8-9H2,1H3,(H,19,22). The second-order valence-corrected chi connectivity index (χ2v) is 8.48. The van der Waals surface area contributed by atoms with E-state index in [9.17, 15) is 18.0 Å². The minimum atomic E-state index is -3.60. The topological polar surface area (TPSA) is 83.6 Å². The van der Waals surface area contributed by atoms with Crippen LogP contribution in [0.25, 0.3) is 0 Å². The van der Waals surface area contributed by atoms with Gasteiger partial charge in [-0.1, -0.05) is 22.0 Å². The van der Waals surface area contributed by atoms with Gasteiger partial charge in [0.05, 0.1) is 11.4 Å². The van der Waals surface area contributed by atoms with Crippen LogP contribution in [0.15, 0.2) is 46.9 Å². The number of nitrogens with zero attached hydrogens (tertiary/aromatic N) is 1. The molecule has 0 aromatic heterocycles. The SMILES string of the molecule is Cc1ccc(NC(=O)c2ccc(N3C(=O)CCS3(=O)=O)cc2)cc1Br. The molecular formula is C17H15BrN2O4S. The highest BCUT2D eigenvalue weighted by atomic mass is 79.9. The van der Waals surface area contributed by atoms with Crippen LogP contribution >= 0.6 is 15.9 Å². The Labute approximate surface area is 154 Å². The lowest BCUT2D eigenvalue weighted by Crippen LogP contribution is -2.29. The summed E-state index contributed by atoms with van der Waals surface area (Å²) < 4.78 is 25.5. The number of carbonyl (C=O) groups is 2. The number of nitrogens with one attached hydrogen (secondary N) is 1. The lowest BCUT2D eigenvalue weighted by molar-refractivity contribution is -0.116. The second-order valence-electron chi connectivity index (χ2n) is 5.69. The Morgan fingerprint density at radius 2 is 1.84 bits per heavy atom. The Morgan fingerprint density at radius 1 is 1.16 bits per heavy atom. The molecule has 0 atom stereocenters. The fraction of sp³-hybridized carbons (Fsp3) is 0.176. The number of hydrogen-bond acceptors (Lipinski definition) is 4. The minimum Gasteiger partial charge on any atom is -0.322 e. The Bertz CT molecular complexity index is 955. The highest BCUT2D eigenvalue weighted by Crippen LogP contribution is 2.26. The maximum Gasteiger partial charge on any atom is 0.255 e. The monoisotopic (exact) mass is 422 g/mol. The predicted octanol–water partition coefficient (Wildman–Crippen LogP) is 3.08. The van der Waals surface area contributed by atoms with Crippen molar-refractivity contribution in [3.8, 4) is 0 Å². The van der Waals surface area contributed by atoms with Crippen molar-refractivity contribution in [3.05, 3.63) is 58.1 Å². The van der Waals surface area contributed by atoms with Gasteiger partial charge in [0.15, 0.2) is 0 Å². The van der Waals surface area contributed by atoms with Gasteiger partial charge in [-0.3, -0.25) is 9.59 Å².